The maximum atomic E-state index is 10.7. The van der Waals surface area contributed by atoms with Gasteiger partial charge in [-0.2, -0.15) is 5.10 Å². The van der Waals surface area contributed by atoms with Gasteiger partial charge in [-0.3, -0.25) is 9.89 Å². The standard InChI is InChI=1S/C11H11BrN2O2/c1-6(11(15)16)4-7-2-3-8-9(5-7)13-14-10(8)12/h2-3,5-6H,4H2,1H3,(H,13,14)(H,15,16). The molecule has 5 heteroatoms. The van der Waals surface area contributed by atoms with E-state index in [0.717, 1.165) is 21.1 Å². The van der Waals surface area contributed by atoms with E-state index in [1.165, 1.54) is 0 Å². The van der Waals surface area contributed by atoms with Crippen molar-refractivity contribution in [3.8, 4) is 0 Å². The molecule has 2 aromatic rings. The summed E-state index contributed by atoms with van der Waals surface area (Å²) >= 11 is 3.35. The Hall–Kier alpha value is -1.36. The molecule has 0 saturated heterocycles. The van der Waals surface area contributed by atoms with Crippen molar-refractivity contribution < 1.29 is 9.90 Å². The number of fused-ring (bicyclic) bond motifs is 1. The van der Waals surface area contributed by atoms with E-state index >= 15 is 0 Å². The lowest BCUT2D eigenvalue weighted by molar-refractivity contribution is -0.141. The number of rotatable bonds is 3. The van der Waals surface area contributed by atoms with Crippen LogP contribution in [0.3, 0.4) is 0 Å². The van der Waals surface area contributed by atoms with E-state index in [1.54, 1.807) is 6.92 Å². The van der Waals surface area contributed by atoms with Gasteiger partial charge < -0.3 is 5.11 Å². The summed E-state index contributed by atoms with van der Waals surface area (Å²) in [7, 11) is 0. The molecule has 0 aliphatic rings. The number of aliphatic carboxylic acids is 1. The van der Waals surface area contributed by atoms with E-state index in [9.17, 15) is 4.79 Å². The number of hydrogen-bond donors (Lipinski definition) is 2. The van der Waals surface area contributed by atoms with Crippen molar-refractivity contribution in [2.75, 3.05) is 0 Å². The lowest BCUT2D eigenvalue weighted by Gasteiger charge is -2.05. The van der Waals surface area contributed by atoms with Crippen LogP contribution in [0.2, 0.25) is 0 Å². The van der Waals surface area contributed by atoms with Crippen molar-refractivity contribution in [1.29, 1.82) is 0 Å². The number of halogens is 1. The number of carbonyl (C=O) groups is 1. The summed E-state index contributed by atoms with van der Waals surface area (Å²) in [5.74, 6) is -1.15. The first-order chi connectivity index (χ1) is 7.58. The number of benzene rings is 1. The normalized spacial score (nSPS) is 12.9. The summed E-state index contributed by atoms with van der Waals surface area (Å²) < 4.78 is 0.848. The van der Waals surface area contributed by atoms with Gasteiger partial charge in [-0.15, -0.1) is 0 Å². The molecule has 16 heavy (non-hydrogen) atoms. The van der Waals surface area contributed by atoms with Gasteiger partial charge in [0.25, 0.3) is 0 Å². The summed E-state index contributed by atoms with van der Waals surface area (Å²) in [6.45, 7) is 1.70. The fourth-order valence-electron chi connectivity index (χ4n) is 1.59. The van der Waals surface area contributed by atoms with Gasteiger partial charge in [-0.05, 0) is 40.0 Å². The molecule has 0 amide bonds. The van der Waals surface area contributed by atoms with Crippen LogP contribution in [0, 0.1) is 5.92 Å². The molecular formula is C11H11BrN2O2. The van der Waals surface area contributed by atoms with Gasteiger partial charge in [0.15, 0.2) is 0 Å². The molecule has 1 heterocycles. The first-order valence-electron chi connectivity index (χ1n) is 4.93. The second-order valence-corrected chi connectivity index (χ2v) is 4.63. The van der Waals surface area contributed by atoms with Crippen molar-refractivity contribution in [2.45, 2.75) is 13.3 Å². The molecule has 2 rings (SSSR count). The number of nitrogens with one attached hydrogen (secondary N) is 1. The van der Waals surface area contributed by atoms with Gasteiger partial charge in [0, 0.05) is 5.39 Å². The Morgan fingerprint density at radius 3 is 3.06 bits per heavy atom. The molecule has 1 unspecified atom stereocenters. The number of H-pyrrole nitrogens is 1. The minimum atomic E-state index is -0.775. The summed E-state index contributed by atoms with van der Waals surface area (Å²) in [6, 6.07) is 5.78. The van der Waals surface area contributed by atoms with Gasteiger partial charge in [-0.1, -0.05) is 13.0 Å². The molecule has 4 nitrogen and oxygen atoms in total. The predicted octanol–water partition coefficient (Wildman–Crippen LogP) is 2.59. The van der Waals surface area contributed by atoms with E-state index in [1.807, 2.05) is 18.2 Å². The van der Waals surface area contributed by atoms with E-state index in [0.29, 0.717) is 6.42 Å². The van der Waals surface area contributed by atoms with E-state index in [4.69, 9.17) is 5.11 Å². The molecule has 0 aliphatic heterocycles. The minimum Gasteiger partial charge on any atom is -0.481 e. The topological polar surface area (TPSA) is 66.0 Å². The molecule has 0 fully saturated rings. The van der Waals surface area contributed by atoms with Crippen molar-refractivity contribution in [1.82, 2.24) is 10.2 Å². The Morgan fingerprint density at radius 1 is 1.62 bits per heavy atom. The second kappa shape index (κ2) is 4.25. The van der Waals surface area contributed by atoms with Crippen LogP contribution >= 0.6 is 15.9 Å². The van der Waals surface area contributed by atoms with Crippen LogP contribution < -0.4 is 0 Å². The van der Waals surface area contributed by atoms with Crippen molar-refractivity contribution in [3.05, 3.63) is 28.4 Å². The van der Waals surface area contributed by atoms with Crippen LogP contribution in [0.15, 0.2) is 22.8 Å². The molecule has 0 saturated carbocycles. The third kappa shape index (κ3) is 2.09. The largest absolute Gasteiger partial charge is 0.481 e. The Bertz CT molecular complexity index is 536. The van der Waals surface area contributed by atoms with Crippen molar-refractivity contribution in [3.63, 3.8) is 0 Å². The Morgan fingerprint density at radius 2 is 2.38 bits per heavy atom. The van der Waals surface area contributed by atoms with Crippen LogP contribution in [0.25, 0.3) is 10.9 Å². The van der Waals surface area contributed by atoms with Gasteiger partial charge in [0.1, 0.15) is 4.60 Å². The quantitative estimate of drug-likeness (QED) is 0.909. The van der Waals surface area contributed by atoms with Crippen LogP contribution in [-0.4, -0.2) is 21.3 Å². The fourth-order valence-corrected chi connectivity index (χ4v) is 2.02. The zero-order valence-electron chi connectivity index (χ0n) is 8.70. The monoisotopic (exact) mass is 282 g/mol. The van der Waals surface area contributed by atoms with Crippen molar-refractivity contribution >= 4 is 32.8 Å². The molecule has 1 aromatic heterocycles. The molecule has 0 radical (unpaired) electrons. The van der Waals surface area contributed by atoms with Gasteiger partial charge in [-0.25, -0.2) is 0 Å². The summed E-state index contributed by atoms with van der Waals surface area (Å²) in [5, 5.41) is 16.8. The van der Waals surface area contributed by atoms with Crippen LogP contribution in [0.5, 0.6) is 0 Å². The highest BCUT2D eigenvalue weighted by molar-refractivity contribution is 9.10. The van der Waals surface area contributed by atoms with Crippen LogP contribution in [0.4, 0.5) is 0 Å². The molecule has 1 atom stereocenters. The maximum Gasteiger partial charge on any atom is 0.306 e. The van der Waals surface area contributed by atoms with Crippen LogP contribution in [-0.2, 0) is 11.2 Å². The molecular weight excluding hydrogens is 272 g/mol. The van der Waals surface area contributed by atoms with Crippen LogP contribution in [0.1, 0.15) is 12.5 Å². The second-order valence-electron chi connectivity index (χ2n) is 3.83. The Labute approximate surface area is 101 Å². The highest BCUT2D eigenvalue weighted by Gasteiger charge is 2.12. The highest BCUT2D eigenvalue weighted by Crippen LogP contribution is 2.22. The summed E-state index contributed by atoms with van der Waals surface area (Å²) in [6.07, 6.45) is 0.524. The fraction of sp³-hybridized carbons (Fsp3) is 0.273. The highest BCUT2D eigenvalue weighted by atomic mass is 79.9. The minimum absolute atomic E-state index is 0.375. The van der Waals surface area contributed by atoms with Gasteiger partial charge >= 0.3 is 5.97 Å². The average molecular weight is 283 g/mol. The maximum absolute atomic E-state index is 10.7. The summed E-state index contributed by atoms with van der Waals surface area (Å²) in [4.78, 5) is 10.7. The number of hydrogen-bond acceptors (Lipinski definition) is 2. The zero-order chi connectivity index (χ0) is 11.7. The molecule has 0 aliphatic carbocycles. The molecule has 1 aromatic carbocycles. The predicted molar refractivity (Wildman–Crippen MR) is 64.3 cm³/mol. The zero-order valence-corrected chi connectivity index (χ0v) is 10.3. The number of carboxylic acids is 1. The molecule has 2 N–H and O–H groups in total. The van der Waals surface area contributed by atoms with E-state index in [-0.39, 0.29) is 5.92 Å². The van der Waals surface area contributed by atoms with Crippen molar-refractivity contribution in [2.24, 2.45) is 5.92 Å². The number of carboxylic acid groups (broad SMARTS) is 1. The third-order valence-electron chi connectivity index (χ3n) is 2.54. The molecule has 0 bridgehead atoms. The summed E-state index contributed by atoms with van der Waals surface area (Å²) in [5.41, 5.74) is 1.84. The number of aromatic nitrogens is 2. The lowest BCUT2D eigenvalue weighted by atomic mass is 10.0. The van der Waals surface area contributed by atoms with E-state index in [2.05, 4.69) is 26.1 Å². The van der Waals surface area contributed by atoms with Gasteiger partial charge in [0.05, 0.1) is 11.4 Å². The molecule has 0 spiro atoms. The first kappa shape index (κ1) is 11.1. The van der Waals surface area contributed by atoms with Gasteiger partial charge in [0.2, 0.25) is 0 Å². The first-order valence-corrected chi connectivity index (χ1v) is 5.72. The third-order valence-corrected chi connectivity index (χ3v) is 3.14. The smallest absolute Gasteiger partial charge is 0.306 e. The SMILES string of the molecule is CC(Cc1ccc2c(Br)[nH]nc2c1)C(=O)O. The average Bonchev–Trinajstić information content (AvgIpc) is 2.60. The lowest BCUT2D eigenvalue weighted by Crippen LogP contribution is -2.12. The molecule has 84 valence electrons. The number of nitrogens with zero attached hydrogens (tertiary/aromatic N) is 1. The Balaban J connectivity index is 2.29. The van der Waals surface area contributed by atoms with E-state index < -0.39 is 5.97 Å². The number of aromatic amines is 1. The Kier molecular flexibility index (Phi) is 2.96.